The summed E-state index contributed by atoms with van der Waals surface area (Å²) in [6, 6.07) is 3.03. The normalized spacial score (nSPS) is 18.6. The quantitative estimate of drug-likeness (QED) is 0.231. The molecule has 4 heterocycles. The average molecular weight is 622 g/mol. The number of likely N-dealkylation sites (tertiary alicyclic amines) is 1. The smallest absolute Gasteiger partial charge is 0.410 e. The van der Waals surface area contributed by atoms with Crippen LogP contribution in [0.15, 0.2) is 28.9 Å². The highest BCUT2D eigenvalue weighted by Gasteiger charge is 2.32. The van der Waals surface area contributed by atoms with E-state index in [1.54, 1.807) is 11.1 Å². The number of nitrogens with one attached hydrogen (secondary N) is 1. The number of hydrogen-bond acceptors (Lipinski definition) is 9. The molecule has 1 saturated heterocycles. The Morgan fingerprint density at radius 3 is 2.56 bits per heavy atom. The second-order valence-electron chi connectivity index (χ2n) is 13.2. The molecule has 0 aliphatic carbocycles. The lowest BCUT2D eigenvalue weighted by atomic mass is 9.95. The van der Waals surface area contributed by atoms with E-state index in [1.165, 1.54) is 12.5 Å². The van der Waals surface area contributed by atoms with Crippen LogP contribution in [0.25, 0.3) is 21.6 Å². The van der Waals surface area contributed by atoms with Crippen LogP contribution in [0.2, 0.25) is 25.7 Å². The van der Waals surface area contributed by atoms with E-state index in [0.717, 1.165) is 46.1 Å². The molecular formula is C28H43N5O5S2Si. The number of ether oxygens (including phenoxy) is 2. The summed E-state index contributed by atoms with van der Waals surface area (Å²) in [6.45, 7) is 16.9. The molecular weight excluding hydrogens is 579 g/mol. The zero-order chi connectivity index (χ0) is 30.2. The fourth-order valence-electron chi connectivity index (χ4n) is 4.79. The van der Waals surface area contributed by atoms with Crippen LogP contribution in [0.1, 0.15) is 34.1 Å². The highest BCUT2D eigenvalue weighted by Crippen LogP contribution is 2.38. The van der Waals surface area contributed by atoms with Crippen LogP contribution >= 0.6 is 11.3 Å². The van der Waals surface area contributed by atoms with Gasteiger partial charge in [-0.1, -0.05) is 26.6 Å². The van der Waals surface area contributed by atoms with Gasteiger partial charge in [0, 0.05) is 57.8 Å². The number of carbonyl (C=O) groups is 1. The van der Waals surface area contributed by atoms with E-state index in [4.69, 9.17) is 14.5 Å². The summed E-state index contributed by atoms with van der Waals surface area (Å²) in [5.41, 5.74) is 1.72. The van der Waals surface area contributed by atoms with Gasteiger partial charge in [-0.2, -0.15) is 0 Å². The van der Waals surface area contributed by atoms with Crippen molar-refractivity contribution in [2.75, 3.05) is 31.3 Å². The molecule has 0 radical (unpaired) electrons. The minimum absolute atomic E-state index is 0.0543. The maximum absolute atomic E-state index is 12.9. The summed E-state index contributed by atoms with van der Waals surface area (Å²) in [4.78, 5) is 23.9. The van der Waals surface area contributed by atoms with Gasteiger partial charge in [0.1, 0.15) is 27.2 Å². The summed E-state index contributed by atoms with van der Waals surface area (Å²) >= 11 is 1.12. The van der Waals surface area contributed by atoms with E-state index in [2.05, 4.69) is 36.9 Å². The highest BCUT2D eigenvalue weighted by molar-refractivity contribution is 7.92. The SMILES string of the molecule is C[C@H]1CC(Nc2c(-c3ncc(S(C)(=O)=O)s3)cnc3c2ccn3COCC[Si](C)(C)C)CN(C(=O)OC(C)(C)C)C1. The first-order valence-corrected chi connectivity index (χ1v) is 20.4. The number of aromatic nitrogens is 3. The van der Waals surface area contributed by atoms with Crippen LogP contribution in [0.4, 0.5) is 10.5 Å². The van der Waals surface area contributed by atoms with E-state index in [-0.39, 0.29) is 22.3 Å². The molecule has 10 nitrogen and oxygen atoms in total. The lowest BCUT2D eigenvalue weighted by Crippen LogP contribution is -2.49. The van der Waals surface area contributed by atoms with E-state index >= 15 is 0 Å². The Labute approximate surface area is 248 Å². The maximum Gasteiger partial charge on any atom is 0.410 e. The number of fused-ring (bicyclic) bond motifs is 1. The molecule has 1 unspecified atom stereocenters. The van der Waals surface area contributed by atoms with Crippen molar-refractivity contribution in [2.24, 2.45) is 5.92 Å². The minimum Gasteiger partial charge on any atom is -0.444 e. The predicted octanol–water partition coefficient (Wildman–Crippen LogP) is 5.93. The molecule has 4 rings (SSSR count). The minimum atomic E-state index is -3.39. The Morgan fingerprint density at radius 2 is 1.93 bits per heavy atom. The summed E-state index contributed by atoms with van der Waals surface area (Å²) in [5, 5.41) is 5.14. The van der Waals surface area contributed by atoms with Crippen LogP contribution in [-0.4, -0.2) is 79.6 Å². The molecule has 0 spiro atoms. The number of thiazole rings is 1. The van der Waals surface area contributed by atoms with Crippen LogP contribution in [-0.2, 0) is 26.0 Å². The summed E-state index contributed by atoms with van der Waals surface area (Å²) in [6.07, 6.45) is 6.81. The van der Waals surface area contributed by atoms with Gasteiger partial charge in [0.05, 0.1) is 17.4 Å². The van der Waals surface area contributed by atoms with Gasteiger partial charge < -0.3 is 24.3 Å². The Kier molecular flexibility index (Phi) is 9.22. The Balaban J connectivity index is 1.67. The molecule has 1 aliphatic rings. The molecule has 1 amide bonds. The van der Waals surface area contributed by atoms with E-state index < -0.39 is 23.5 Å². The first-order valence-electron chi connectivity index (χ1n) is 14.0. The number of amides is 1. The number of sulfone groups is 1. The number of hydrogen-bond donors (Lipinski definition) is 1. The zero-order valence-corrected chi connectivity index (χ0v) is 28.0. The second-order valence-corrected chi connectivity index (χ2v) is 22.1. The maximum atomic E-state index is 12.9. The van der Waals surface area contributed by atoms with Crippen LogP contribution < -0.4 is 5.32 Å². The molecule has 0 saturated carbocycles. The number of rotatable bonds is 9. The van der Waals surface area contributed by atoms with E-state index in [1.807, 2.05) is 37.6 Å². The molecule has 0 aromatic carbocycles. The van der Waals surface area contributed by atoms with Gasteiger partial charge in [-0.3, -0.25) is 0 Å². The van der Waals surface area contributed by atoms with Crippen molar-refractivity contribution in [3.8, 4) is 10.6 Å². The number of pyridine rings is 1. The summed E-state index contributed by atoms with van der Waals surface area (Å²) < 4.78 is 38.2. The molecule has 1 aliphatic heterocycles. The van der Waals surface area contributed by atoms with Gasteiger partial charge in [0.25, 0.3) is 0 Å². The fraction of sp³-hybridized carbons (Fsp3) is 0.607. The van der Waals surface area contributed by atoms with Crippen LogP contribution in [0, 0.1) is 5.92 Å². The Morgan fingerprint density at radius 1 is 1.20 bits per heavy atom. The number of carbonyl (C=O) groups excluding carboxylic acids is 1. The van der Waals surface area contributed by atoms with E-state index in [9.17, 15) is 13.2 Å². The van der Waals surface area contributed by atoms with Crippen LogP contribution in [0.5, 0.6) is 0 Å². The highest BCUT2D eigenvalue weighted by atomic mass is 32.2. The van der Waals surface area contributed by atoms with Gasteiger partial charge in [-0.25, -0.2) is 23.2 Å². The molecule has 1 fully saturated rings. The Bertz CT molecular complexity index is 1490. The fourth-order valence-corrected chi connectivity index (χ4v) is 7.30. The van der Waals surface area contributed by atoms with Crippen molar-refractivity contribution in [3.63, 3.8) is 0 Å². The standard InChI is InChI=1S/C28H43N5O5S2Si/c1-19-13-20(17-33(16-19)27(34)38-28(2,3)4)31-24-21-9-10-32(18-37-11-12-41(6,7)8)25(21)29-14-22(24)26-30-15-23(39-26)40(5,35)36/h9-10,14-15,19-20H,11-13,16-18H2,1-8H3,(H,29,31)/t19-,20?/m0/s1. The monoisotopic (exact) mass is 621 g/mol. The second kappa shape index (κ2) is 12.0. The third kappa shape index (κ3) is 8.30. The van der Waals surface area contributed by atoms with Gasteiger partial charge in [-0.15, -0.1) is 11.3 Å². The van der Waals surface area contributed by atoms with Crippen molar-refractivity contribution < 1.29 is 22.7 Å². The Hall–Kier alpha value is -2.48. The van der Waals surface area contributed by atoms with Gasteiger partial charge in [-0.05, 0) is 45.2 Å². The molecule has 1 N–H and O–H groups in total. The van der Waals surface area contributed by atoms with Gasteiger partial charge >= 0.3 is 6.09 Å². The summed E-state index contributed by atoms with van der Waals surface area (Å²) in [7, 11) is -4.59. The molecule has 3 aromatic rings. The molecule has 41 heavy (non-hydrogen) atoms. The first-order chi connectivity index (χ1) is 19.0. The van der Waals surface area contributed by atoms with Crippen molar-refractivity contribution in [1.29, 1.82) is 0 Å². The topological polar surface area (TPSA) is 116 Å². The molecule has 13 heteroatoms. The number of piperidine rings is 1. The molecule has 2 atom stereocenters. The molecule has 3 aromatic heterocycles. The lowest BCUT2D eigenvalue weighted by molar-refractivity contribution is 0.0162. The van der Waals surface area contributed by atoms with Crippen molar-refractivity contribution in [1.82, 2.24) is 19.4 Å². The van der Waals surface area contributed by atoms with Gasteiger partial charge in [0.2, 0.25) is 0 Å². The predicted molar refractivity (Wildman–Crippen MR) is 167 cm³/mol. The average Bonchev–Trinajstić information content (AvgIpc) is 3.48. The first kappa shape index (κ1) is 31.5. The van der Waals surface area contributed by atoms with Gasteiger partial charge in [0.15, 0.2) is 9.84 Å². The van der Waals surface area contributed by atoms with Crippen molar-refractivity contribution in [3.05, 3.63) is 24.7 Å². The molecule has 226 valence electrons. The lowest BCUT2D eigenvalue weighted by Gasteiger charge is -2.38. The van der Waals surface area contributed by atoms with E-state index in [0.29, 0.717) is 31.4 Å². The zero-order valence-electron chi connectivity index (χ0n) is 25.4. The van der Waals surface area contributed by atoms with Crippen LogP contribution in [0.3, 0.4) is 0 Å². The number of nitrogens with zero attached hydrogens (tertiary/aromatic N) is 4. The number of anilines is 1. The third-order valence-corrected chi connectivity index (χ3v) is 11.3. The van der Waals surface area contributed by atoms with Crippen molar-refractivity contribution >= 4 is 52.1 Å². The largest absolute Gasteiger partial charge is 0.444 e. The third-order valence-electron chi connectivity index (χ3n) is 6.76. The summed E-state index contributed by atoms with van der Waals surface area (Å²) in [5.74, 6) is 0.260. The van der Waals surface area contributed by atoms with Crippen molar-refractivity contribution in [2.45, 2.75) is 82.4 Å². The molecule has 0 bridgehead atoms.